The summed E-state index contributed by atoms with van der Waals surface area (Å²) in [6.07, 6.45) is 0. The molecule has 0 aliphatic rings. The molecule has 1 amide bonds. The largest absolute Gasteiger partial charge is 0.358 e. The van der Waals surface area contributed by atoms with Gasteiger partial charge in [-0.25, -0.2) is 0 Å². The van der Waals surface area contributed by atoms with Gasteiger partial charge in [-0.05, 0) is 31.2 Å². The van der Waals surface area contributed by atoms with E-state index >= 15 is 0 Å². The summed E-state index contributed by atoms with van der Waals surface area (Å²) in [5.74, 6) is 2.05. The molecule has 0 aliphatic carbocycles. The minimum atomic E-state index is 0.00329. The zero-order valence-electron chi connectivity index (χ0n) is 11.7. The number of thioether (sulfide) groups is 1. The highest BCUT2D eigenvalue weighted by molar-refractivity contribution is 7.99. The quantitative estimate of drug-likeness (QED) is 0.823. The van der Waals surface area contributed by atoms with Crippen LogP contribution in [0.4, 0.5) is 0 Å². The minimum absolute atomic E-state index is 0.00329. The number of fused-ring (bicyclic) bond motifs is 1. The zero-order valence-corrected chi connectivity index (χ0v) is 12.5. The second-order valence-corrected chi connectivity index (χ2v) is 5.95. The van der Waals surface area contributed by atoms with Crippen LogP contribution < -0.4 is 5.32 Å². The van der Waals surface area contributed by atoms with Crippen LogP contribution in [0.25, 0.3) is 10.9 Å². The van der Waals surface area contributed by atoms with Crippen molar-refractivity contribution >= 4 is 28.6 Å². The number of benzene rings is 1. The molecule has 3 nitrogen and oxygen atoms in total. The van der Waals surface area contributed by atoms with Crippen molar-refractivity contribution in [2.45, 2.75) is 20.8 Å². The van der Waals surface area contributed by atoms with Crippen molar-refractivity contribution in [3.63, 3.8) is 0 Å². The molecule has 0 unspecified atom stereocenters. The highest BCUT2D eigenvalue weighted by atomic mass is 32.2. The standard InChI is InChI=1S/C15H20N2OS/c1-4-19-9-8-16-15(18)13-7-5-6-12-10(2)11(3)17-14(12)13/h5-7,17H,4,8-9H2,1-3H3,(H,16,18). The van der Waals surface area contributed by atoms with Crippen molar-refractivity contribution in [1.29, 1.82) is 0 Å². The molecule has 1 aromatic heterocycles. The van der Waals surface area contributed by atoms with E-state index in [0.29, 0.717) is 6.54 Å². The van der Waals surface area contributed by atoms with E-state index in [2.05, 4.69) is 30.2 Å². The second kappa shape index (κ2) is 6.15. The SMILES string of the molecule is CCSCCNC(=O)c1cccc2c(C)c(C)[nH]c12. The lowest BCUT2D eigenvalue weighted by Crippen LogP contribution is -2.26. The number of carbonyl (C=O) groups excluding carboxylic acids is 1. The molecular formula is C15H20N2OS. The van der Waals surface area contributed by atoms with Gasteiger partial charge in [0.1, 0.15) is 0 Å². The van der Waals surface area contributed by atoms with E-state index in [1.165, 1.54) is 5.56 Å². The Balaban J connectivity index is 2.20. The van der Waals surface area contributed by atoms with E-state index in [1.807, 2.05) is 30.8 Å². The lowest BCUT2D eigenvalue weighted by molar-refractivity contribution is 0.0957. The molecule has 1 heterocycles. The fraction of sp³-hybridized carbons (Fsp3) is 0.400. The average molecular weight is 276 g/mol. The average Bonchev–Trinajstić information content (AvgIpc) is 2.70. The number of hydrogen-bond acceptors (Lipinski definition) is 2. The molecule has 19 heavy (non-hydrogen) atoms. The summed E-state index contributed by atoms with van der Waals surface area (Å²) in [7, 11) is 0. The lowest BCUT2D eigenvalue weighted by Gasteiger charge is -2.05. The summed E-state index contributed by atoms with van der Waals surface area (Å²) < 4.78 is 0. The smallest absolute Gasteiger partial charge is 0.253 e. The highest BCUT2D eigenvalue weighted by Gasteiger charge is 2.13. The summed E-state index contributed by atoms with van der Waals surface area (Å²) in [5, 5.41) is 4.11. The van der Waals surface area contributed by atoms with Gasteiger partial charge in [-0.15, -0.1) is 0 Å². The Bertz CT molecular complexity index is 589. The molecule has 0 atom stereocenters. The van der Waals surface area contributed by atoms with Gasteiger partial charge in [-0.3, -0.25) is 4.79 Å². The van der Waals surface area contributed by atoms with Crippen LogP contribution in [0.5, 0.6) is 0 Å². The van der Waals surface area contributed by atoms with Crippen molar-refractivity contribution in [3.05, 3.63) is 35.0 Å². The van der Waals surface area contributed by atoms with Crippen LogP contribution in [0.1, 0.15) is 28.5 Å². The van der Waals surface area contributed by atoms with E-state index in [-0.39, 0.29) is 5.91 Å². The number of aromatic amines is 1. The molecule has 2 aromatic rings. The molecule has 0 saturated carbocycles. The summed E-state index contributed by atoms with van der Waals surface area (Å²) in [4.78, 5) is 15.5. The summed E-state index contributed by atoms with van der Waals surface area (Å²) >= 11 is 1.83. The van der Waals surface area contributed by atoms with E-state index in [0.717, 1.165) is 33.7 Å². The monoisotopic (exact) mass is 276 g/mol. The van der Waals surface area contributed by atoms with Crippen LogP contribution in [0.2, 0.25) is 0 Å². The van der Waals surface area contributed by atoms with Gasteiger partial charge in [0.25, 0.3) is 5.91 Å². The van der Waals surface area contributed by atoms with E-state index in [1.54, 1.807) is 0 Å². The Morgan fingerprint density at radius 3 is 2.89 bits per heavy atom. The first-order valence-electron chi connectivity index (χ1n) is 6.59. The molecule has 1 aromatic carbocycles. The Morgan fingerprint density at radius 1 is 1.37 bits per heavy atom. The molecule has 0 radical (unpaired) electrons. The van der Waals surface area contributed by atoms with Crippen LogP contribution in [-0.4, -0.2) is 28.9 Å². The second-order valence-electron chi connectivity index (χ2n) is 4.56. The Hall–Kier alpha value is -1.42. The molecule has 0 aliphatic heterocycles. The fourth-order valence-corrected chi connectivity index (χ4v) is 2.68. The molecule has 0 spiro atoms. The van der Waals surface area contributed by atoms with Crippen LogP contribution in [-0.2, 0) is 0 Å². The predicted octanol–water partition coefficient (Wildman–Crippen LogP) is 3.27. The molecule has 2 N–H and O–H groups in total. The number of aromatic nitrogens is 1. The Kier molecular flexibility index (Phi) is 4.53. The van der Waals surface area contributed by atoms with Gasteiger partial charge in [0.05, 0.1) is 11.1 Å². The maximum Gasteiger partial charge on any atom is 0.253 e. The van der Waals surface area contributed by atoms with Crippen LogP contribution >= 0.6 is 11.8 Å². The van der Waals surface area contributed by atoms with Gasteiger partial charge in [0.15, 0.2) is 0 Å². The topological polar surface area (TPSA) is 44.9 Å². The fourth-order valence-electron chi connectivity index (χ4n) is 2.15. The first-order chi connectivity index (χ1) is 9.15. The number of hydrogen-bond donors (Lipinski definition) is 2. The van der Waals surface area contributed by atoms with Crippen molar-refractivity contribution in [3.8, 4) is 0 Å². The molecule has 0 fully saturated rings. The van der Waals surface area contributed by atoms with Gasteiger partial charge >= 0.3 is 0 Å². The van der Waals surface area contributed by atoms with Crippen molar-refractivity contribution in [1.82, 2.24) is 10.3 Å². The summed E-state index contributed by atoms with van der Waals surface area (Å²) in [5.41, 5.74) is 4.01. The predicted molar refractivity (Wildman–Crippen MR) is 83.1 cm³/mol. The van der Waals surface area contributed by atoms with Crippen molar-refractivity contribution in [2.24, 2.45) is 0 Å². The first-order valence-corrected chi connectivity index (χ1v) is 7.74. The Morgan fingerprint density at radius 2 is 2.16 bits per heavy atom. The number of carbonyl (C=O) groups is 1. The van der Waals surface area contributed by atoms with Gasteiger partial charge < -0.3 is 10.3 Å². The number of nitrogens with one attached hydrogen (secondary N) is 2. The Labute approximate surface area is 118 Å². The number of H-pyrrole nitrogens is 1. The third-order valence-electron chi connectivity index (χ3n) is 3.32. The number of aryl methyl sites for hydroxylation is 2. The molecule has 0 saturated heterocycles. The lowest BCUT2D eigenvalue weighted by atomic mass is 10.1. The normalized spacial score (nSPS) is 10.9. The number of rotatable bonds is 5. The van der Waals surface area contributed by atoms with E-state index < -0.39 is 0 Å². The third kappa shape index (κ3) is 2.95. The van der Waals surface area contributed by atoms with Gasteiger partial charge in [0.2, 0.25) is 0 Å². The summed E-state index contributed by atoms with van der Waals surface area (Å²) in [6.45, 7) is 6.95. The third-order valence-corrected chi connectivity index (χ3v) is 4.23. The van der Waals surface area contributed by atoms with Crippen molar-refractivity contribution in [2.75, 3.05) is 18.1 Å². The van der Waals surface area contributed by atoms with Gasteiger partial charge in [-0.2, -0.15) is 11.8 Å². The molecule has 4 heteroatoms. The zero-order chi connectivity index (χ0) is 13.8. The van der Waals surface area contributed by atoms with Gasteiger partial charge in [0, 0.05) is 23.4 Å². The maximum atomic E-state index is 12.2. The highest BCUT2D eigenvalue weighted by Crippen LogP contribution is 2.24. The number of amides is 1. The molecule has 102 valence electrons. The summed E-state index contributed by atoms with van der Waals surface area (Å²) in [6, 6.07) is 5.87. The van der Waals surface area contributed by atoms with Crippen LogP contribution in [0.3, 0.4) is 0 Å². The first kappa shape index (κ1) is 14.0. The van der Waals surface area contributed by atoms with Crippen LogP contribution in [0.15, 0.2) is 18.2 Å². The minimum Gasteiger partial charge on any atom is -0.358 e. The molecule has 0 bridgehead atoms. The van der Waals surface area contributed by atoms with Gasteiger partial charge in [-0.1, -0.05) is 19.1 Å². The van der Waals surface area contributed by atoms with Crippen molar-refractivity contribution < 1.29 is 4.79 Å². The molecular weight excluding hydrogens is 256 g/mol. The van der Waals surface area contributed by atoms with E-state index in [4.69, 9.17) is 0 Å². The van der Waals surface area contributed by atoms with Crippen LogP contribution in [0, 0.1) is 13.8 Å². The molecule has 2 rings (SSSR count). The van der Waals surface area contributed by atoms with E-state index in [9.17, 15) is 4.79 Å². The maximum absolute atomic E-state index is 12.2. The number of para-hydroxylation sites is 1.